The second-order valence-corrected chi connectivity index (χ2v) is 14.1. The largest absolute Gasteiger partial charge is 0.507 e. The van der Waals surface area contributed by atoms with Crippen molar-refractivity contribution in [3.05, 3.63) is 160 Å². The molecular formula is C45H41NO. The maximum atomic E-state index is 10.8. The van der Waals surface area contributed by atoms with Gasteiger partial charge in [0, 0.05) is 35.1 Å². The molecule has 1 unspecified atom stereocenters. The number of nitrogens with zero attached hydrogens (tertiary/aromatic N) is 1. The molecule has 1 atom stereocenters. The van der Waals surface area contributed by atoms with Crippen LogP contribution in [0.3, 0.4) is 0 Å². The van der Waals surface area contributed by atoms with Gasteiger partial charge in [0.15, 0.2) is 0 Å². The minimum atomic E-state index is -0.143. The molecule has 2 nitrogen and oxygen atoms in total. The number of phenolic OH excluding ortho intramolecular Hbond substituents is 1. The number of phenols is 1. The normalized spacial score (nSPS) is 14.9. The van der Waals surface area contributed by atoms with E-state index in [-0.39, 0.29) is 16.7 Å². The van der Waals surface area contributed by atoms with E-state index in [0.717, 1.165) is 41.6 Å². The molecule has 2 aliphatic rings. The average Bonchev–Trinajstić information content (AvgIpc) is 3.67. The molecule has 2 heteroatoms. The highest BCUT2D eigenvalue weighted by Gasteiger charge is 2.45. The van der Waals surface area contributed by atoms with E-state index in [2.05, 4.69) is 123 Å². The van der Waals surface area contributed by atoms with Gasteiger partial charge in [-0.2, -0.15) is 0 Å². The van der Waals surface area contributed by atoms with E-state index in [0.29, 0.717) is 5.75 Å². The molecular weight excluding hydrogens is 571 g/mol. The maximum absolute atomic E-state index is 10.8. The van der Waals surface area contributed by atoms with Crippen molar-refractivity contribution in [2.24, 2.45) is 10.4 Å². The Labute approximate surface area is 279 Å². The van der Waals surface area contributed by atoms with E-state index < -0.39 is 0 Å². The monoisotopic (exact) mass is 611 g/mol. The van der Waals surface area contributed by atoms with Gasteiger partial charge in [0.25, 0.3) is 0 Å². The van der Waals surface area contributed by atoms with E-state index in [1.807, 2.05) is 42.5 Å². The Morgan fingerprint density at radius 2 is 1.38 bits per heavy atom. The fourth-order valence-electron chi connectivity index (χ4n) is 7.63. The lowest BCUT2D eigenvalue weighted by atomic mass is 9.64. The summed E-state index contributed by atoms with van der Waals surface area (Å²) in [6.45, 7) is 8.76. The molecule has 0 fully saturated rings. The van der Waals surface area contributed by atoms with Crippen LogP contribution < -0.4 is 0 Å². The fourth-order valence-corrected chi connectivity index (χ4v) is 7.63. The molecule has 0 saturated carbocycles. The van der Waals surface area contributed by atoms with E-state index >= 15 is 0 Å². The summed E-state index contributed by atoms with van der Waals surface area (Å²) in [5, 5.41) is 10.8. The highest BCUT2D eigenvalue weighted by atomic mass is 16.3. The van der Waals surface area contributed by atoms with Crippen LogP contribution >= 0.6 is 0 Å². The minimum Gasteiger partial charge on any atom is -0.507 e. The van der Waals surface area contributed by atoms with Crippen LogP contribution in [0.15, 0.2) is 126 Å². The molecule has 0 aliphatic heterocycles. The lowest BCUT2D eigenvalue weighted by molar-refractivity contribution is 0.369. The molecule has 47 heavy (non-hydrogen) atoms. The molecule has 1 N–H and O–H groups in total. The van der Waals surface area contributed by atoms with Crippen molar-refractivity contribution in [1.82, 2.24) is 0 Å². The summed E-state index contributed by atoms with van der Waals surface area (Å²) in [5.41, 5.74) is 13.0. The lowest BCUT2D eigenvalue weighted by Crippen LogP contribution is -2.27. The molecule has 0 amide bonds. The topological polar surface area (TPSA) is 32.6 Å². The number of benzene rings is 5. The summed E-state index contributed by atoms with van der Waals surface area (Å²) in [5.74, 6) is 7.51. The number of para-hydroxylation sites is 1. The van der Waals surface area contributed by atoms with Gasteiger partial charge in [-0.05, 0) is 93.1 Å². The first kappa shape index (κ1) is 30.5. The van der Waals surface area contributed by atoms with Crippen molar-refractivity contribution in [2.75, 3.05) is 0 Å². The maximum Gasteiger partial charge on any atom is 0.128 e. The van der Waals surface area contributed by atoms with Gasteiger partial charge in [0.2, 0.25) is 0 Å². The molecule has 5 aromatic carbocycles. The van der Waals surface area contributed by atoms with Crippen LogP contribution in [0.1, 0.15) is 85.4 Å². The molecule has 7 rings (SSSR count). The Bertz CT molecular complexity index is 2030. The Hall–Kier alpha value is -5.13. The van der Waals surface area contributed by atoms with Crippen molar-refractivity contribution in [3.63, 3.8) is 0 Å². The quantitative estimate of drug-likeness (QED) is 0.150. The SMILES string of the molecule is CC(C)(C)c1cccc(/C=N/c2ccc(C#CCCC(C)(C3=CCc4ccccc43)C3c4ccccc4-c4ccccc43)cc2)c1O. The number of aliphatic imine (C=N–C) groups is 1. The van der Waals surface area contributed by atoms with E-state index in [1.54, 1.807) is 6.21 Å². The standard InChI is InChI=1S/C45H41NO/c1-44(2,3)41-22-13-16-33(43(41)47)30-46-34-26-23-31(24-27-34)14-11-12-29-45(4,40-28-25-32-15-5-6-17-35(32)40)42-38-20-9-7-18-36(38)37-19-8-10-21-39(37)42/h5-10,13,15-24,26-28,30,42,47H,12,25,29H2,1-4H3/b46-30+. The Morgan fingerprint density at radius 1 is 0.745 bits per heavy atom. The van der Waals surface area contributed by atoms with E-state index in [1.165, 1.54) is 39.0 Å². The van der Waals surface area contributed by atoms with Gasteiger partial charge in [-0.1, -0.05) is 131 Å². The van der Waals surface area contributed by atoms with Crippen molar-refractivity contribution >= 4 is 17.5 Å². The number of rotatable bonds is 6. The molecule has 0 saturated heterocycles. The Balaban J connectivity index is 1.14. The second-order valence-electron chi connectivity index (χ2n) is 14.1. The minimum absolute atomic E-state index is 0.127. The van der Waals surface area contributed by atoms with Crippen molar-refractivity contribution in [3.8, 4) is 28.7 Å². The Kier molecular flexibility index (Phi) is 7.94. The first-order valence-corrected chi connectivity index (χ1v) is 16.7. The number of hydrogen-bond acceptors (Lipinski definition) is 2. The molecule has 5 aromatic rings. The third-order valence-electron chi connectivity index (χ3n) is 10.0. The highest BCUT2D eigenvalue weighted by molar-refractivity contribution is 5.86. The fraction of sp³-hybridized carbons (Fsp3) is 0.222. The number of fused-ring (bicyclic) bond motifs is 4. The van der Waals surface area contributed by atoms with Crippen LogP contribution in [0.25, 0.3) is 16.7 Å². The van der Waals surface area contributed by atoms with Gasteiger partial charge in [-0.3, -0.25) is 4.99 Å². The van der Waals surface area contributed by atoms with Crippen molar-refractivity contribution < 1.29 is 5.11 Å². The van der Waals surface area contributed by atoms with Crippen molar-refractivity contribution in [2.45, 2.75) is 58.3 Å². The van der Waals surface area contributed by atoms with Gasteiger partial charge in [-0.25, -0.2) is 0 Å². The van der Waals surface area contributed by atoms with Gasteiger partial charge in [0.05, 0.1) is 5.69 Å². The summed E-state index contributed by atoms with van der Waals surface area (Å²) in [6.07, 6.45) is 6.94. The van der Waals surface area contributed by atoms with Gasteiger partial charge >= 0.3 is 0 Å². The molecule has 2 aliphatic carbocycles. The molecule has 0 spiro atoms. The zero-order chi connectivity index (χ0) is 32.6. The van der Waals surface area contributed by atoms with Gasteiger partial charge in [0.1, 0.15) is 5.75 Å². The van der Waals surface area contributed by atoms with Crippen LogP contribution in [0, 0.1) is 17.3 Å². The lowest BCUT2D eigenvalue weighted by Gasteiger charge is -2.39. The molecule has 0 bridgehead atoms. The summed E-state index contributed by atoms with van der Waals surface area (Å²) in [4.78, 5) is 4.63. The molecule has 0 radical (unpaired) electrons. The number of allylic oxidation sites excluding steroid dienone is 2. The molecule has 0 heterocycles. The first-order valence-electron chi connectivity index (χ1n) is 16.7. The second kappa shape index (κ2) is 12.2. The smallest absolute Gasteiger partial charge is 0.128 e. The number of aromatic hydroxyl groups is 1. The third-order valence-corrected chi connectivity index (χ3v) is 10.0. The van der Waals surface area contributed by atoms with E-state index in [4.69, 9.17) is 0 Å². The zero-order valence-corrected chi connectivity index (χ0v) is 27.7. The predicted molar refractivity (Wildman–Crippen MR) is 197 cm³/mol. The van der Waals surface area contributed by atoms with Crippen LogP contribution in [0.4, 0.5) is 5.69 Å². The summed E-state index contributed by atoms with van der Waals surface area (Å²) in [7, 11) is 0. The van der Waals surface area contributed by atoms with Crippen LogP contribution in [0.2, 0.25) is 0 Å². The van der Waals surface area contributed by atoms with E-state index in [9.17, 15) is 5.11 Å². The summed E-state index contributed by atoms with van der Waals surface area (Å²) >= 11 is 0. The third kappa shape index (κ3) is 5.72. The summed E-state index contributed by atoms with van der Waals surface area (Å²) in [6, 6.07) is 40.7. The van der Waals surface area contributed by atoms with Crippen molar-refractivity contribution in [1.29, 1.82) is 0 Å². The number of hydrogen-bond donors (Lipinski definition) is 1. The zero-order valence-electron chi connectivity index (χ0n) is 27.7. The Morgan fingerprint density at radius 3 is 2.06 bits per heavy atom. The molecule has 232 valence electrons. The van der Waals surface area contributed by atoms with Crippen LogP contribution in [-0.4, -0.2) is 11.3 Å². The predicted octanol–water partition coefficient (Wildman–Crippen LogP) is 11.0. The van der Waals surface area contributed by atoms with Crippen LogP contribution in [-0.2, 0) is 11.8 Å². The highest BCUT2D eigenvalue weighted by Crippen LogP contribution is 2.60. The van der Waals surface area contributed by atoms with Gasteiger partial charge in [-0.15, -0.1) is 0 Å². The first-order chi connectivity index (χ1) is 22.7. The average molecular weight is 612 g/mol. The van der Waals surface area contributed by atoms with Crippen LogP contribution in [0.5, 0.6) is 5.75 Å². The molecule has 0 aromatic heterocycles. The van der Waals surface area contributed by atoms with Gasteiger partial charge < -0.3 is 5.11 Å². The summed E-state index contributed by atoms with van der Waals surface area (Å²) < 4.78 is 0.